The molecule has 11 heteroatoms. The Balaban J connectivity index is 1.24. The first kappa shape index (κ1) is 24.6. The molecule has 0 saturated carbocycles. The van der Waals surface area contributed by atoms with Gasteiger partial charge in [-0.15, -0.1) is 5.10 Å². The zero-order chi connectivity index (χ0) is 28.2. The average molecular weight is 574 g/mol. The second kappa shape index (κ2) is 9.74. The van der Waals surface area contributed by atoms with Crippen LogP contribution in [0.1, 0.15) is 34.1 Å². The molecule has 0 spiro atoms. The van der Waals surface area contributed by atoms with Crippen LogP contribution in [-0.2, 0) is 5.75 Å². The Morgan fingerprint density at radius 1 is 0.905 bits per heavy atom. The quantitative estimate of drug-likeness (QED) is 0.211. The number of methoxy groups -OCH3 is 1. The molecular weight excluding hydrogens is 550 g/mol. The Labute approximate surface area is 244 Å². The minimum absolute atomic E-state index is 0.245. The number of nitrogens with zero attached hydrogens (tertiary/aromatic N) is 7. The third-order valence-corrected chi connectivity index (χ3v) is 8.14. The molecule has 0 bridgehead atoms. The molecule has 0 N–H and O–H groups in total. The van der Waals surface area contributed by atoms with E-state index in [4.69, 9.17) is 34.1 Å². The second-order valence-corrected chi connectivity index (χ2v) is 10.8. The number of aryl methyl sites for hydroxylation is 1. The molecule has 7 aromatic rings. The van der Waals surface area contributed by atoms with Crippen LogP contribution in [0.25, 0.3) is 22.4 Å². The molecule has 3 aromatic carbocycles. The van der Waals surface area contributed by atoms with Gasteiger partial charge in [-0.1, -0.05) is 54.2 Å². The Morgan fingerprint density at radius 2 is 1.71 bits per heavy atom. The molecule has 1 aliphatic heterocycles. The summed E-state index contributed by atoms with van der Waals surface area (Å²) in [5.74, 6) is 2.75. The van der Waals surface area contributed by atoms with Gasteiger partial charge < -0.3 is 13.9 Å². The average Bonchev–Trinajstić information content (AvgIpc) is 3.74. The van der Waals surface area contributed by atoms with Gasteiger partial charge in [-0.25, -0.2) is 24.1 Å². The number of hydrogen-bond acceptors (Lipinski definition) is 9. The van der Waals surface area contributed by atoms with Crippen LogP contribution in [0.3, 0.4) is 0 Å². The van der Waals surface area contributed by atoms with Gasteiger partial charge in [-0.3, -0.25) is 0 Å². The first-order valence-corrected chi connectivity index (χ1v) is 14.3. The zero-order valence-electron chi connectivity index (χ0n) is 22.6. The molecule has 0 aliphatic carbocycles. The van der Waals surface area contributed by atoms with Crippen molar-refractivity contribution in [2.45, 2.75) is 23.8 Å². The van der Waals surface area contributed by atoms with E-state index in [2.05, 4.69) is 17.1 Å². The van der Waals surface area contributed by atoms with Gasteiger partial charge in [0.25, 0.3) is 5.22 Å². The van der Waals surface area contributed by atoms with Crippen LogP contribution in [-0.4, -0.2) is 41.5 Å². The van der Waals surface area contributed by atoms with Gasteiger partial charge >= 0.3 is 0 Å². The number of oxazole rings is 1. The highest BCUT2D eigenvalue weighted by Crippen LogP contribution is 2.49. The van der Waals surface area contributed by atoms with Crippen molar-refractivity contribution in [1.82, 2.24) is 34.3 Å². The fourth-order valence-corrected chi connectivity index (χ4v) is 6.08. The number of thioether (sulfide) groups is 1. The van der Waals surface area contributed by atoms with E-state index in [0.717, 1.165) is 44.9 Å². The van der Waals surface area contributed by atoms with Crippen molar-refractivity contribution in [1.29, 1.82) is 0 Å². The second-order valence-electron chi connectivity index (χ2n) is 9.86. The normalized spacial score (nSPS) is 14.1. The van der Waals surface area contributed by atoms with E-state index in [1.54, 1.807) is 18.0 Å². The highest BCUT2D eigenvalue weighted by molar-refractivity contribution is 7.98. The SMILES string of the molecule is COc1ccc(C2c3c(C)nn(-c4ccccc4)c3Oc3ncn4nc(CSc5nc6ccccc6o5)nc4c32)cc1. The van der Waals surface area contributed by atoms with Crippen molar-refractivity contribution < 1.29 is 13.9 Å². The van der Waals surface area contributed by atoms with E-state index in [9.17, 15) is 0 Å². The molecule has 42 heavy (non-hydrogen) atoms. The van der Waals surface area contributed by atoms with E-state index in [1.807, 2.05) is 78.3 Å². The lowest BCUT2D eigenvalue weighted by Crippen LogP contribution is -2.16. The molecule has 0 saturated heterocycles. The molecule has 1 aliphatic rings. The number of ether oxygens (including phenoxy) is 2. The van der Waals surface area contributed by atoms with E-state index in [-0.39, 0.29) is 5.92 Å². The van der Waals surface area contributed by atoms with Gasteiger partial charge in [0.1, 0.15) is 17.6 Å². The maximum Gasteiger partial charge on any atom is 0.257 e. The highest BCUT2D eigenvalue weighted by Gasteiger charge is 2.38. The predicted molar refractivity (Wildman–Crippen MR) is 157 cm³/mol. The van der Waals surface area contributed by atoms with Crippen molar-refractivity contribution >= 4 is 28.5 Å². The highest BCUT2D eigenvalue weighted by atomic mass is 32.2. The van der Waals surface area contributed by atoms with Crippen molar-refractivity contribution in [2.24, 2.45) is 0 Å². The van der Waals surface area contributed by atoms with Crippen molar-refractivity contribution in [3.05, 3.63) is 113 Å². The fourth-order valence-electron chi connectivity index (χ4n) is 5.40. The predicted octanol–water partition coefficient (Wildman–Crippen LogP) is 6.35. The molecule has 4 aromatic heterocycles. The lowest BCUT2D eigenvalue weighted by atomic mass is 9.84. The largest absolute Gasteiger partial charge is 0.497 e. The van der Waals surface area contributed by atoms with E-state index < -0.39 is 0 Å². The molecule has 8 rings (SSSR count). The lowest BCUT2D eigenvalue weighted by Gasteiger charge is -2.26. The van der Waals surface area contributed by atoms with Crippen LogP contribution in [0.5, 0.6) is 17.5 Å². The molecule has 5 heterocycles. The summed E-state index contributed by atoms with van der Waals surface area (Å²) in [6.07, 6.45) is 1.64. The first-order valence-electron chi connectivity index (χ1n) is 13.4. The Kier molecular flexibility index (Phi) is 5.71. The van der Waals surface area contributed by atoms with E-state index in [1.165, 1.54) is 11.8 Å². The van der Waals surface area contributed by atoms with Gasteiger partial charge in [0.2, 0.25) is 11.8 Å². The first-order chi connectivity index (χ1) is 20.7. The maximum atomic E-state index is 6.51. The number of benzene rings is 3. The summed E-state index contributed by atoms with van der Waals surface area (Å²) >= 11 is 1.45. The summed E-state index contributed by atoms with van der Waals surface area (Å²) in [6.45, 7) is 2.00. The lowest BCUT2D eigenvalue weighted by molar-refractivity contribution is 0.402. The van der Waals surface area contributed by atoms with Gasteiger partial charge in [-0.2, -0.15) is 5.10 Å². The fraction of sp³-hybridized carbons (Fsp3) is 0.129. The van der Waals surface area contributed by atoms with Crippen LogP contribution in [0, 0.1) is 6.92 Å². The molecule has 0 fully saturated rings. The molecule has 206 valence electrons. The van der Waals surface area contributed by atoms with Crippen molar-refractivity contribution in [3.63, 3.8) is 0 Å². The third kappa shape index (κ3) is 4.00. The van der Waals surface area contributed by atoms with Gasteiger partial charge in [0.15, 0.2) is 17.1 Å². The molecule has 1 unspecified atom stereocenters. The summed E-state index contributed by atoms with van der Waals surface area (Å²) < 4.78 is 21.4. The zero-order valence-corrected chi connectivity index (χ0v) is 23.4. The summed E-state index contributed by atoms with van der Waals surface area (Å²) in [5, 5.41) is 10.2. The Bertz CT molecular complexity index is 2050. The minimum Gasteiger partial charge on any atom is -0.497 e. The number of para-hydroxylation sites is 3. The van der Waals surface area contributed by atoms with Gasteiger partial charge in [0, 0.05) is 0 Å². The third-order valence-electron chi connectivity index (χ3n) is 7.31. The van der Waals surface area contributed by atoms with Crippen molar-refractivity contribution in [2.75, 3.05) is 7.11 Å². The summed E-state index contributed by atoms with van der Waals surface area (Å²) in [6, 6.07) is 25.7. The molecule has 10 nitrogen and oxygen atoms in total. The number of rotatable bonds is 6. The van der Waals surface area contributed by atoms with Crippen molar-refractivity contribution in [3.8, 4) is 23.2 Å². The monoisotopic (exact) mass is 573 g/mol. The minimum atomic E-state index is -0.245. The van der Waals surface area contributed by atoms with E-state index in [0.29, 0.717) is 34.2 Å². The number of aromatic nitrogens is 7. The van der Waals surface area contributed by atoms with Crippen LogP contribution in [0.15, 0.2) is 94.8 Å². The smallest absolute Gasteiger partial charge is 0.257 e. The topological polar surface area (TPSA) is 105 Å². The van der Waals surface area contributed by atoms with Crippen LogP contribution in [0.2, 0.25) is 0 Å². The molecule has 1 atom stereocenters. The summed E-state index contributed by atoms with van der Waals surface area (Å²) in [7, 11) is 1.66. The summed E-state index contributed by atoms with van der Waals surface area (Å²) in [5.41, 5.74) is 6.83. The molecular formula is C31H23N7O3S. The standard InChI is InChI=1S/C31H23N7O3S/c1-18-25-26(19-12-14-21(39-2)15-13-19)27-28-34-24(16-42-31-33-22-10-6-7-11-23(22)40-31)36-37(28)17-32-29(27)41-30(25)38(35-18)20-8-4-3-5-9-20/h3-15,17,26H,16H2,1-2H3. The molecule has 0 amide bonds. The summed E-state index contributed by atoms with van der Waals surface area (Å²) in [4.78, 5) is 14.2. The molecule has 0 radical (unpaired) electrons. The van der Waals surface area contributed by atoms with Gasteiger partial charge in [0.05, 0.1) is 41.3 Å². The number of hydrogen-bond donors (Lipinski definition) is 0. The number of fused-ring (bicyclic) bond motifs is 5. The Hall–Kier alpha value is -5.16. The van der Waals surface area contributed by atoms with Gasteiger partial charge in [-0.05, 0) is 48.9 Å². The van der Waals surface area contributed by atoms with Crippen LogP contribution in [0.4, 0.5) is 0 Å². The maximum absolute atomic E-state index is 6.51. The van der Waals surface area contributed by atoms with E-state index >= 15 is 0 Å². The van der Waals surface area contributed by atoms with Crippen LogP contribution >= 0.6 is 11.8 Å². The van der Waals surface area contributed by atoms with Crippen LogP contribution < -0.4 is 9.47 Å². The Morgan fingerprint density at radius 3 is 2.52 bits per heavy atom.